The highest BCUT2D eigenvalue weighted by Crippen LogP contribution is 2.16. The number of hydrogen-bond donors (Lipinski definition) is 1. The highest BCUT2D eigenvalue weighted by atomic mass is 32.2. The number of aryl methyl sites for hydroxylation is 1. The van der Waals surface area contributed by atoms with Crippen LogP contribution in [0.4, 0.5) is 4.79 Å². The van der Waals surface area contributed by atoms with Crippen LogP contribution in [0.2, 0.25) is 0 Å². The number of thioether (sulfide) groups is 1. The van der Waals surface area contributed by atoms with Crippen LogP contribution in [-0.2, 0) is 11.3 Å². The van der Waals surface area contributed by atoms with Crippen LogP contribution in [0.15, 0.2) is 24.3 Å². The number of hydrogen-bond acceptors (Lipinski definition) is 3. The van der Waals surface area contributed by atoms with Gasteiger partial charge in [0.1, 0.15) is 6.54 Å². The van der Waals surface area contributed by atoms with E-state index in [4.69, 9.17) is 0 Å². The molecule has 0 spiro atoms. The maximum absolute atomic E-state index is 11.7. The van der Waals surface area contributed by atoms with Crippen LogP contribution >= 0.6 is 11.8 Å². The van der Waals surface area contributed by atoms with Gasteiger partial charge < -0.3 is 10.2 Å². The van der Waals surface area contributed by atoms with Crippen molar-refractivity contribution in [2.24, 2.45) is 0 Å². The number of carbonyl (C=O) groups excluding carboxylic acids is 2. The normalized spacial score (nSPS) is 14.9. The quantitative estimate of drug-likeness (QED) is 0.902. The smallest absolute Gasteiger partial charge is 0.282 e. The van der Waals surface area contributed by atoms with E-state index in [1.807, 2.05) is 31.2 Å². The van der Waals surface area contributed by atoms with Crippen molar-refractivity contribution in [1.29, 1.82) is 0 Å². The predicted molar refractivity (Wildman–Crippen MR) is 72.5 cm³/mol. The van der Waals surface area contributed by atoms with E-state index in [0.717, 1.165) is 11.3 Å². The van der Waals surface area contributed by atoms with Crippen molar-refractivity contribution in [2.75, 3.05) is 18.8 Å². The minimum atomic E-state index is -0.105. The molecular weight excluding hydrogens is 248 g/mol. The van der Waals surface area contributed by atoms with E-state index in [1.165, 1.54) is 17.3 Å². The second kappa shape index (κ2) is 5.91. The van der Waals surface area contributed by atoms with Crippen LogP contribution in [-0.4, -0.2) is 34.9 Å². The van der Waals surface area contributed by atoms with Crippen molar-refractivity contribution in [2.45, 2.75) is 13.5 Å². The molecule has 1 aromatic rings. The van der Waals surface area contributed by atoms with Crippen molar-refractivity contribution in [1.82, 2.24) is 10.2 Å². The SMILES string of the molecule is Cc1ccc(CNC(=O)CN2CCSC2=O)cc1. The Labute approximate surface area is 111 Å². The fourth-order valence-electron chi connectivity index (χ4n) is 1.71. The maximum atomic E-state index is 11.7. The molecule has 1 fully saturated rings. The summed E-state index contributed by atoms with van der Waals surface area (Å²) in [6.45, 7) is 3.37. The van der Waals surface area contributed by atoms with E-state index < -0.39 is 0 Å². The molecule has 0 atom stereocenters. The number of nitrogens with zero attached hydrogens (tertiary/aromatic N) is 1. The molecule has 1 N–H and O–H groups in total. The first-order valence-corrected chi connectivity index (χ1v) is 6.87. The van der Waals surface area contributed by atoms with Gasteiger partial charge in [0.2, 0.25) is 5.91 Å². The molecule has 1 aromatic carbocycles. The number of benzene rings is 1. The van der Waals surface area contributed by atoms with Crippen LogP contribution in [0.3, 0.4) is 0 Å². The van der Waals surface area contributed by atoms with Gasteiger partial charge in [-0.3, -0.25) is 9.59 Å². The van der Waals surface area contributed by atoms with E-state index >= 15 is 0 Å². The van der Waals surface area contributed by atoms with Gasteiger partial charge in [-0.2, -0.15) is 0 Å². The molecule has 1 heterocycles. The van der Waals surface area contributed by atoms with Gasteiger partial charge in [-0.1, -0.05) is 41.6 Å². The molecule has 1 aliphatic rings. The average molecular weight is 264 g/mol. The zero-order valence-corrected chi connectivity index (χ0v) is 11.1. The highest BCUT2D eigenvalue weighted by molar-refractivity contribution is 8.13. The molecule has 0 unspecified atom stereocenters. The maximum Gasteiger partial charge on any atom is 0.282 e. The summed E-state index contributed by atoms with van der Waals surface area (Å²) in [5.74, 6) is 0.677. The Hall–Kier alpha value is -1.49. The molecule has 2 amide bonds. The zero-order chi connectivity index (χ0) is 13.0. The van der Waals surface area contributed by atoms with Crippen molar-refractivity contribution in [3.8, 4) is 0 Å². The summed E-state index contributed by atoms with van der Waals surface area (Å²) in [5.41, 5.74) is 2.26. The summed E-state index contributed by atoms with van der Waals surface area (Å²) < 4.78 is 0. The minimum absolute atomic E-state index is 0.000450. The summed E-state index contributed by atoms with van der Waals surface area (Å²) in [6.07, 6.45) is 0. The van der Waals surface area contributed by atoms with Gasteiger partial charge in [0.15, 0.2) is 0 Å². The van der Waals surface area contributed by atoms with Gasteiger partial charge in [0.25, 0.3) is 5.24 Å². The van der Waals surface area contributed by atoms with E-state index in [-0.39, 0.29) is 17.7 Å². The summed E-state index contributed by atoms with van der Waals surface area (Å²) >= 11 is 1.27. The van der Waals surface area contributed by atoms with Crippen LogP contribution in [0, 0.1) is 6.92 Å². The second-order valence-corrected chi connectivity index (χ2v) is 5.34. The van der Waals surface area contributed by atoms with Crippen LogP contribution < -0.4 is 5.32 Å². The second-order valence-electron chi connectivity index (χ2n) is 4.30. The molecule has 0 aliphatic carbocycles. The van der Waals surface area contributed by atoms with E-state index in [1.54, 1.807) is 4.90 Å². The van der Waals surface area contributed by atoms with Crippen LogP contribution in [0.25, 0.3) is 0 Å². The lowest BCUT2D eigenvalue weighted by Gasteiger charge is -2.14. The fraction of sp³-hybridized carbons (Fsp3) is 0.385. The Morgan fingerprint density at radius 3 is 2.72 bits per heavy atom. The molecule has 2 rings (SSSR count). The minimum Gasteiger partial charge on any atom is -0.350 e. The lowest BCUT2D eigenvalue weighted by Crippen LogP contribution is -2.36. The van der Waals surface area contributed by atoms with Gasteiger partial charge in [-0.15, -0.1) is 0 Å². The fourth-order valence-corrected chi connectivity index (χ4v) is 2.53. The number of rotatable bonds is 4. The van der Waals surface area contributed by atoms with Gasteiger partial charge >= 0.3 is 0 Å². The zero-order valence-electron chi connectivity index (χ0n) is 10.3. The molecule has 18 heavy (non-hydrogen) atoms. The summed E-state index contributed by atoms with van der Waals surface area (Å²) in [6, 6.07) is 8.02. The molecule has 0 aromatic heterocycles. The van der Waals surface area contributed by atoms with Gasteiger partial charge in [-0.05, 0) is 12.5 Å². The molecule has 5 heteroatoms. The number of nitrogens with one attached hydrogen (secondary N) is 1. The standard InChI is InChI=1S/C13H16N2O2S/c1-10-2-4-11(5-3-10)8-14-12(16)9-15-6-7-18-13(15)17/h2-5H,6-9H2,1H3,(H,14,16). The van der Waals surface area contributed by atoms with Gasteiger partial charge in [0, 0.05) is 18.8 Å². The van der Waals surface area contributed by atoms with Crippen molar-refractivity contribution in [3.63, 3.8) is 0 Å². The largest absolute Gasteiger partial charge is 0.350 e. The third kappa shape index (κ3) is 3.50. The lowest BCUT2D eigenvalue weighted by molar-refractivity contribution is -0.121. The first kappa shape index (κ1) is 13.0. The predicted octanol–water partition coefficient (Wildman–Crippen LogP) is 1.78. The first-order valence-electron chi connectivity index (χ1n) is 5.89. The van der Waals surface area contributed by atoms with Crippen molar-refractivity contribution >= 4 is 22.9 Å². The number of amides is 2. The molecule has 0 radical (unpaired) electrons. The van der Waals surface area contributed by atoms with Gasteiger partial charge in [0.05, 0.1) is 0 Å². The Bertz CT molecular complexity index is 445. The van der Waals surface area contributed by atoms with Crippen LogP contribution in [0.1, 0.15) is 11.1 Å². The third-order valence-corrected chi connectivity index (χ3v) is 3.68. The Morgan fingerprint density at radius 2 is 2.11 bits per heavy atom. The van der Waals surface area contributed by atoms with E-state index in [0.29, 0.717) is 13.1 Å². The first-order chi connectivity index (χ1) is 8.65. The van der Waals surface area contributed by atoms with Crippen molar-refractivity contribution in [3.05, 3.63) is 35.4 Å². The van der Waals surface area contributed by atoms with Gasteiger partial charge in [-0.25, -0.2) is 0 Å². The molecule has 1 aliphatic heterocycles. The highest BCUT2D eigenvalue weighted by Gasteiger charge is 2.22. The molecule has 96 valence electrons. The van der Waals surface area contributed by atoms with Crippen LogP contribution in [0.5, 0.6) is 0 Å². The van der Waals surface area contributed by atoms with E-state index in [2.05, 4.69) is 5.32 Å². The molecule has 0 bridgehead atoms. The lowest BCUT2D eigenvalue weighted by atomic mass is 10.1. The Morgan fingerprint density at radius 1 is 1.39 bits per heavy atom. The molecule has 1 saturated heterocycles. The molecular formula is C13H16N2O2S. The average Bonchev–Trinajstić information content (AvgIpc) is 2.74. The third-order valence-electron chi connectivity index (χ3n) is 2.79. The summed E-state index contributed by atoms with van der Waals surface area (Å²) in [5, 5.41) is 2.82. The molecule has 4 nitrogen and oxygen atoms in total. The summed E-state index contributed by atoms with van der Waals surface area (Å²) in [4.78, 5) is 24.6. The number of carbonyl (C=O) groups is 2. The monoisotopic (exact) mass is 264 g/mol. The molecule has 0 saturated carbocycles. The Balaban J connectivity index is 1.78. The topological polar surface area (TPSA) is 49.4 Å². The van der Waals surface area contributed by atoms with E-state index in [9.17, 15) is 9.59 Å². The van der Waals surface area contributed by atoms with Crippen molar-refractivity contribution < 1.29 is 9.59 Å². The Kier molecular flexibility index (Phi) is 4.25. The summed E-state index contributed by atoms with van der Waals surface area (Å²) in [7, 11) is 0.